The number of halogens is 1. The number of aromatic carboxylic acids is 1. The molecule has 1 aliphatic rings. The van der Waals surface area contributed by atoms with Gasteiger partial charge in [0.15, 0.2) is 0 Å². The highest BCUT2D eigenvalue weighted by molar-refractivity contribution is 5.87. The molecule has 0 aromatic heterocycles. The van der Waals surface area contributed by atoms with E-state index in [0.29, 0.717) is 19.4 Å². The summed E-state index contributed by atoms with van der Waals surface area (Å²) in [7, 11) is 0. The Morgan fingerprint density at radius 3 is 2.63 bits per heavy atom. The molecule has 0 radical (unpaired) electrons. The number of hydrogen-bond acceptors (Lipinski definition) is 3. The van der Waals surface area contributed by atoms with Gasteiger partial charge in [-0.05, 0) is 43.0 Å². The fourth-order valence-electron chi connectivity index (χ4n) is 2.32. The average molecular weight is 286 g/mol. The van der Waals surface area contributed by atoms with Crippen LogP contribution in [-0.4, -0.2) is 34.7 Å². The van der Waals surface area contributed by atoms with Gasteiger partial charge < -0.3 is 15.5 Å². The molecule has 0 bridgehead atoms. The highest BCUT2D eigenvalue weighted by Gasteiger charge is 2.29. The van der Waals surface area contributed by atoms with E-state index in [9.17, 15) is 9.59 Å². The van der Waals surface area contributed by atoms with Crippen LogP contribution in [0.25, 0.3) is 0 Å². The number of benzene rings is 1. The summed E-state index contributed by atoms with van der Waals surface area (Å²) >= 11 is 0. The number of carbonyl (C=O) groups is 2. The Balaban J connectivity index is 0.00000180. The van der Waals surface area contributed by atoms with Crippen LogP contribution >= 0.6 is 12.4 Å². The van der Waals surface area contributed by atoms with E-state index in [1.54, 1.807) is 18.2 Å². The molecule has 1 aromatic carbocycles. The Morgan fingerprint density at radius 2 is 2.05 bits per heavy atom. The molecule has 0 amide bonds. The molecule has 1 saturated heterocycles. The van der Waals surface area contributed by atoms with E-state index in [0.717, 1.165) is 5.56 Å². The first-order valence-corrected chi connectivity index (χ1v) is 5.84. The van der Waals surface area contributed by atoms with Crippen LogP contribution in [0.3, 0.4) is 0 Å². The third kappa shape index (κ3) is 3.94. The number of carboxylic acid groups (broad SMARTS) is 2. The van der Waals surface area contributed by atoms with Gasteiger partial charge in [0.25, 0.3) is 0 Å². The largest absolute Gasteiger partial charge is 0.480 e. The van der Waals surface area contributed by atoms with Gasteiger partial charge in [-0.15, -0.1) is 12.4 Å². The van der Waals surface area contributed by atoms with Crippen LogP contribution in [0.2, 0.25) is 0 Å². The van der Waals surface area contributed by atoms with Crippen molar-refractivity contribution in [3.8, 4) is 0 Å². The van der Waals surface area contributed by atoms with Crippen molar-refractivity contribution in [2.75, 3.05) is 6.54 Å². The van der Waals surface area contributed by atoms with Crippen molar-refractivity contribution in [2.45, 2.75) is 18.9 Å². The zero-order valence-electron chi connectivity index (χ0n) is 10.2. The van der Waals surface area contributed by atoms with Gasteiger partial charge >= 0.3 is 11.9 Å². The highest BCUT2D eigenvalue weighted by Crippen LogP contribution is 2.20. The van der Waals surface area contributed by atoms with Crippen LogP contribution in [0.1, 0.15) is 22.3 Å². The van der Waals surface area contributed by atoms with E-state index in [1.807, 2.05) is 6.07 Å². The van der Waals surface area contributed by atoms with E-state index in [2.05, 4.69) is 5.32 Å². The monoisotopic (exact) mass is 285 g/mol. The van der Waals surface area contributed by atoms with Gasteiger partial charge in [-0.25, -0.2) is 4.79 Å². The predicted octanol–water partition coefficient (Wildman–Crippen LogP) is 1.41. The van der Waals surface area contributed by atoms with Crippen LogP contribution < -0.4 is 5.32 Å². The molecule has 1 aromatic rings. The van der Waals surface area contributed by atoms with Crippen molar-refractivity contribution < 1.29 is 19.8 Å². The normalized spacial score (nSPS) is 21.7. The summed E-state index contributed by atoms with van der Waals surface area (Å²) in [5.74, 6) is -1.52. The molecule has 6 heteroatoms. The van der Waals surface area contributed by atoms with Crippen molar-refractivity contribution in [1.29, 1.82) is 0 Å². The first-order chi connectivity index (χ1) is 8.56. The lowest BCUT2D eigenvalue weighted by atomic mass is 9.96. The Bertz CT molecular complexity index is 477. The van der Waals surface area contributed by atoms with Crippen LogP contribution in [0.15, 0.2) is 24.3 Å². The number of nitrogens with one attached hydrogen (secondary N) is 1. The molecule has 0 spiro atoms. The minimum absolute atomic E-state index is 0. The average Bonchev–Trinajstić information content (AvgIpc) is 2.78. The van der Waals surface area contributed by atoms with Gasteiger partial charge in [0.2, 0.25) is 0 Å². The molecule has 19 heavy (non-hydrogen) atoms. The van der Waals surface area contributed by atoms with Gasteiger partial charge in [0.05, 0.1) is 5.56 Å². The van der Waals surface area contributed by atoms with E-state index < -0.39 is 18.0 Å². The quantitative estimate of drug-likeness (QED) is 0.779. The zero-order valence-corrected chi connectivity index (χ0v) is 11.0. The van der Waals surface area contributed by atoms with Crippen LogP contribution in [0.5, 0.6) is 0 Å². The van der Waals surface area contributed by atoms with E-state index in [1.165, 1.54) is 0 Å². The first kappa shape index (κ1) is 15.5. The molecule has 5 nitrogen and oxygen atoms in total. The Morgan fingerprint density at radius 1 is 1.32 bits per heavy atom. The summed E-state index contributed by atoms with van der Waals surface area (Å²) in [6, 6.07) is 6.32. The summed E-state index contributed by atoms with van der Waals surface area (Å²) in [5, 5.41) is 20.7. The lowest BCUT2D eigenvalue weighted by Crippen LogP contribution is -2.29. The highest BCUT2D eigenvalue weighted by atomic mass is 35.5. The van der Waals surface area contributed by atoms with Crippen molar-refractivity contribution >= 4 is 24.3 Å². The number of aliphatic carboxylic acids is 1. The molecule has 104 valence electrons. The summed E-state index contributed by atoms with van der Waals surface area (Å²) in [6.45, 7) is 0.661. The fraction of sp³-hybridized carbons (Fsp3) is 0.385. The minimum atomic E-state index is -0.940. The molecule has 0 saturated carbocycles. The maximum absolute atomic E-state index is 10.8. The summed E-state index contributed by atoms with van der Waals surface area (Å²) in [6.07, 6.45) is 1.30. The van der Waals surface area contributed by atoms with Gasteiger partial charge in [-0.2, -0.15) is 0 Å². The van der Waals surface area contributed by atoms with Gasteiger partial charge in [-0.3, -0.25) is 4.79 Å². The molecular formula is C13H16ClNO4. The van der Waals surface area contributed by atoms with E-state index >= 15 is 0 Å². The first-order valence-electron chi connectivity index (χ1n) is 5.84. The topological polar surface area (TPSA) is 86.6 Å². The lowest BCUT2D eigenvalue weighted by Gasteiger charge is -2.08. The molecular weight excluding hydrogens is 270 g/mol. The molecule has 0 unspecified atom stereocenters. The Hall–Kier alpha value is -1.59. The second-order valence-electron chi connectivity index (χ2n) is 4.61. The Labute approximate surface area is 117 Å². The van der Waals surface area contributed by atoms with Gasteiger partial charge in [0.1, 0.15) is 6.04 Å². The van der Waals surface area contributed by atoms with Crippen molar-refractivity contribution in [1.82, 2.24) is 5.32 Å². The van der Waals surface area contributed by atoms with Gasteiger partial charge in [-0.1, -0.05) is 12.1 Å². The smallest absolute Gasteiger partial charge is 0.335 e. The van der Waals surface area contributed by atoms with Crippen LogP contribution in [0, 0.1) is 5.92 Å². The summed E-state index contributed by atoms with van der Waals surface area (Å²) < 4.78 is 0. The molecule has 2 rings (SSSR count). The third-order valence-corrected chi connectivity index (χ3v) is 3.22. The maximum atomic E-state index is 10.8. The molecule has 1 fully saturated rings. The zero-order chi connectivity index (χ0) is 13.1. The maximum Gasteiger partial charge on any atom is 0.335 e. The predicted molar refractivity (Wildman–Crippen MR) is 71.9 cm³/mol. The standard InChI is InChI=1S/C13H15NO4.ClH/c15-12(16)10-3-1-2-8(5-10)4-9-6-11(13(17)18)14-7-9;/h1-3,5,9,11,14H,4,6-7H2,(H,15,16)(H,17,18);1H/t9-,11+;/m1./s1. The molecule has 1 heterocycles. The minimum Gasteiger partial charge on any atom is -0.480 e. The van der Waals surface area contributed by atoms with Crippen molar-refractivity contribution in [3.63, 3.8) is 0 Å². The summed E-state index contributed by atoms with van der Waals surface area (Å²) in [5.41, 5.74) is 1.21. The van der Waals surface area contributed by atoms with Crippen LogP contribution in [-0.2, 0) is 11.2 Å². The third-order valence-electron chi connectivity index (χ3n) is 3.22. The molecule has 2 atom stereocenters. The second-order valence-corrected chi connectivity index (χ2v) is 4.61. The van der Waals surface area contributed by atoms with Crippen molar-refractivity contribution in [2.24, 2.45) is 5.92 Å². The Kier molecular flexibility index (Phi) is 5.32. The van der Waals surface area contributed by atoms with Gasteiger partial charge in [0, 0.05) is 0 Å². The molecule has 0 aliphatic carbocycles. The molecule has 3 N–H and O–H groups in total. The van der Waals surface area contributed by atoms with E-state index in [4.69, 9.17) is 10.2 Å². The lowest BCUT2D eigenvalue weighted by molar-refractivity contribution is -0.139. The summed E-state index contributed by atoms with van der Waals surface area (Å²) in [4.78, 5) is 21.6. The number of hydrogen-bond donors (Lipinski definition) is 3. The SMILES string of the molecule is Cl.O=C(O)c1cccc(C[C@H]2CN[C@H](C(=O)O)C2)c1. The number of carboxylic acids is 2. The fourth-order valence-corrected chi connectivity index (χ4v) is 2.32. The number of rotatable bonds is 4. The van der Waals surface area contributed by atoms with E-state index in [-0.39, 0.29) is 23.9 Å². The molecule has 1 aliphatic heterocycles. The second kappa shape index (κ2) is 6.54. The van der Waals surface area contributed by atoms with Crippen molar-refractivity contribution in [3.05, 3.63) is 35.4 Å². The van der Waals surface area contributed by atoms with Crippen LogP contribution in [0.4, 0.5) is 0 Å².